The third-order valence-electron chi connectivity index (χ3n) is 5.43. The second-order valence-corrected chi connectivity index (χ2v) is 7.50. The number of benzene rings is 3. The molecule has 1 aromatic heterocycles. The Kier molecular flexibility index (Phi) is 5.80. The molecule has 0 bridgehead atoms. The van der Waals surface area contributed by atoms with Gasteiger partial charge in [-0.3, -0.25) is 5.10 Å². The van der Waals surface area contributed by atoms with Crippen LogP contribution in [0.3, 0.4) is 0 Å². The largest absolute Gasteiger partial charge is 0.478 e. The predicted octanol–water partition coefficient (Wildman–Crippen LogP) is 6.42. The average Bonchev–Trinajstić information content (AvgIpc) is 3.26. The van der Waals surface area contributed by atoms with Crippen LogP contribution in [0.5, 0.6) is 0 Å². The molecule has 2 N–H and O–H groups in total. The number of carboxylic acids is 1. The van der Waals surface area contributed by atoms with Crippen molar-refractivity contribution < 1.29 is 9.90 Å². The van der Waals surface area contributed by atoms with Crippen molar-refractivity contribution in [1.82, 2.24) is 10.2 Å². The molecule has 154 valence electrons. The van der Waals surface area contributed by atoms with Gasteiger partial charge in [-0.1, -0.05) is 67.6 Å². The van der Waals surface area contributed by atoms with E-state index < -0.39 is 5.97 Å². The summed E-state index contributed by atoms with van der Waals surface area (Å²) in [7, 11) is 0. The van der Waals surface area contributed by atoms with E-state index in [0.717, 1.165) is 34.0 Å². The van der Waals surface area contributed by atoms with Gasteiger partial charge in [0.25, 0.3) is 0 Å². The number of allylic oxidation sites excluding steroid dienone is 1. The lowest BCUT2D eigenvalue weighted by molar-refractivity contribution is -0.132. The molecule has 0 radical (unpaired) electrons. The van der Waals surface area contributed by atoms with Crippen LogP contribution in [-0.2, 0) is 4.79 Å². The summed E-state index contributed by atoms with van der Waals surface area (Å²) in [5.74, 6) is -0.907. The van der Waals surface area contributed by atoms with Gasteiger partial charge in [0.2, 0.25) is 0 Å². The highest BCUT2D eigenvalue weighted by molar-refractivity contribution is 6.00. The average molecular weight is 409 g/mol. The number of nitrogens with zero attached hydrogens (tertiary/aromatic N) is 1. The molecule has 4 aromatic rings. The Hall–Kier alpha value is -3.92. The number of hydrogen-bond donors (Lipinski definition) is 2. The number of fused-ring (bicyclic) bond motifs is 1. The molecule has 1 heterocycles. The number of rotatable bonds is 6. The van der Waals surface area contributed by atoms with Crippen LogP contribution < -0.4 is 0 Å². The standard InChI is InChI=1S/C27H24N2O2/c1-3-24(20-7-5-4-6-8-20)26(22-13-14-25-23(16-22)17-28-29-25)21-11-9-19(10-12-21)15-18(2)27(30)31/h4-17H,3H2,1-2H3,(H,28,29)(H,30,31). The summed E-state index contributed by atoms with van der Waals surface area (Å²) >= 11 is 0. The predicted molar refractivity (Wildman–Crippen MR) is 126 cm³/mol. The van der Waals surface area contributed by atoms with Crippen LogP contribution in [0.25, 0.3) is 28.1 Å². The Bertz CT molecular complexity index is 1280. The molecule has 0 spiro atoms. The molecule has 0 amide bonds. The van der Waals surface area contributed by atoms with E-state index in [1.165, 1.54) is 16.7 Å². The summed E-state index contributed by atoms with van der Waals surface area (Å²) in [5.41, 5.74) is 8.02. The van der Waals surface area contributed by atoms with E-state index in [9.17, 15) is 4.79 Å². The van der Waals surface area contributed by atoms with Gasteiger partial charge in [-0.2, -0.15) is 5.10 Å². The van der Waals surface area contributed by atoms with E-state index in [-0.39, 0.29) is 0 Å². The van der Waals surface area contributed by atoms with Crippen molar-refractivity contribution in [3.05, 3.63) is 107 Å². The monoisotopic (exact) mass is 408 g/mol. The minimum absolute atomic E-state index is 0.312. The molecule has 0 aliphatic carbocycles. The summed E-state index contributed by atoms with van der Waals surface area (Å²) in [6.07, 6.45) is 4.40. The lowest BCUT2D eigenvalue weighted by Crippen LogP contribution is -1.96. The Balaban J connectivity index is 1.89. The third kappa shape index (κ3) is 4.33. The van der Waals surface area contributed by atoms with E-state index >= 15 is 0 Å². The van der Waals surface area contributed by atoms with Gasteiger partial charge >= 0.3 is 5.97 Å². The zero-order valence-corrected chi connectivity index (χ0v) is 17.6. The molecule has 0 aliphatic rings. The lowest BCUT2D eigenvalue weighted by atomic mass is 9.87. The molecule has 0 fully saturated rings. The molecule has 0 aliphatic heterocycles. The highest BCUT2D eigenvalue weighted by atomic mass is 16.4. The molecule has 3 aromatic carbocycles. The van der Waals surface area contributed by atoms with Crippen molar-refractivity contribution in [3.8, 4) is 0 Å². The van der Waals surface area contributed by atoms with Crippen LogP contribution in [-0.4, -0.2) is 21.3 Å². The number of aromatic nitrogens is 2. The fourth-order valence-corrected chi connectivity index (χ4v) is 3.84. The Labute approximate surface area is 181 Å². The molecular formula is C27H24N2O2. The summed E-state index contributed by atoms with van der Waals surface area (Å²) in [6.45, 7) is 3.78. The van der Waals surface area contributed by atoms with Crippen LogP contribution in [0.2, 0.25) is 0 Å². The maximum atomic E-state index is 11.2. The lowest BCUT2D eigenvalue weighted by Gasteiger charge is -2.17. The second kappa shape index (κ2) is 8.84. The first-order valence-corrected chi connectivity index (χ1v) is 10.3. The van der Waals surface area contributed by atoms with Gasteiger partial charge < -0.3 is 5.11 Å². The molecule has 0 unspecified atom stereocenters. The Morgan fingerprint density at radius 1 is 0.968 bits per heavy atom. The zero-order chi connectivity index (χ0) is 21.8. The van der Waals surface area contributed by atoms with E-state index in [0.29, 0.717) is 5.57 Å². The number of hydrogen-bond acceptors (Lipinski definition) is 2. The third-order valence-corrected chi connectivity index (χ3v) is 5.43. The molecule has 31 heavy (non-hydrogen) atoms. The summed E-state index contributed by atoms with van der Waals surface area (Å²) in [6, 6.07) is 24.8. The molecule has 0 saturated carbocycles. The highest BCUT2D eigenvalue weighted by Gasteiger charge is 2.14. The van der Waals surface area contributed by atoms with Crippen molar-refractivity contribution in [2.45, 2.75) is 20.3 Å². The quantitative estimate of drug-likeness (QED) is 0.286. The minimum atomic E-state index is -0.907. The topological polar surface area (TPSA) is 66.0 Å². The Morgan fingerprint density at radius 3 is 2.35 bits per heavy atom. The number of nitrogens with one attached hydrogen (secondary N) is 1. The Morgan fingerprint density at radius 2 is 1.68 bits per heavy atom. The number of aromatic amines is 1. The van der Waals surface area contributed by atoms with Crippen LogP contribution in [0.15, 0.2) is 84.6 Å². The molecule has 4 heteroatoms. The summed E-state index contributed by atoms with van der Waals surface area (Å²) in [5, 5.41) is 17.4. The van der Waals surface area contributed by atoms with Crippen molar-refractivity contribution >= 4 is 34.1 Å². The number of H-pyrrole nitrogens is 1. The normalized spacial score (nSPS) is 12.6. The maximum Gasteiger partial charge on any atom is 0.331 e. The zero-order valence-electron chi connectivity index (χ0n) is 17.6. The number of aliphatic carboxylic acids is 1. The van der Waals surface area contributed by atoms with Crippen LogP contribution in [0, 0.1) is 0 Å². The number of carboxylic acid groups (broad SMARTS) is 1. The van der Waals surface area contributed by atoms with Gasteiger partial charge in [0, 0.05) is 11.0 Å². The molecule has 4 nitrogen and oxygen atoms in total. The fourth-order valence-electron chi connectivity index (χ4n) is 3.84. The van der Waals surface area contributed by atoms with E-state index in [1.54, 1.807) is 13.0 Å². The molecule has 0 saturated heterocycles. The molecule has 4 rings (SSSR count). The van der Waals surface area contributed by atoms with Gasteiger partial charge in [-0.25, -0.2) is 4.79 Å². The number of carbonyl (C=O) groups is 1. The molecular weight excluding hydrogens is 384 g/mol. The first-order chi connectivity index (χ1) is 15.1. The maximum absolute atomic E-state index is 11.2. The van der Waals surface area contributed by atoms with Crippen LogP contribution >= 0.6 is 0 Å². The smallest absolute Gasteiger partial charge is 0.331 e. The minimum Gasteiger partial charge on any atom is -0.478 e. The van der Waals surface area contributed by atoms with Gasteiger partial charge in [0.1, 0.15) is 0 Å². The van der Waals surface area contributed by atoms with Crippen LogP contribution in [0.4, 0.5) is 0 Å². The van der Waals surface area contributed by atoms with Gasteiger partial charge in [-0.15, -0.1) is 0 Å². The van der Waals surface area contributed by atoms with Gasteiger partial charge in [0.15, 0.2) is 0 Å². The highest BCUT2D eigenvalue weighted by Crippen LogP contribution is 2.35. The van der Waals surface area contributed by atoms with Gasteiger partial charge in [0.05, 0.1) is 11.7 Å². The first kappa shape index (κ1) is 20.4. The fraction of sp³-hybridized carbons (Fsp3) is 0.111. The van der Waals surface area contributed by atoms with Crippen molar-refractivity contribution in [2.75, 3.05) is 0 Å². The van der Waals surface area contributed by atoms with Crippen molar-refractivity contribution in [2.24, 2.45) is 0 Å². The SMILES string of the molecule is CCC(=C(c1ccc(C=C(C)C(=O)O)cc1)c1ccc2[nH]ncc2c1)c1ccccc1. The van der Waals surface area contributed by atoms with E-state index in [1.807, 2.05) is 24.4 Å². The van der Waals surface area contributed by atoms with E-state index in [2.05, 4.69) is 71.7 Å². The second-order valence-electron chi connectivity index (χ2n) is 7.50. The van der Waals surface area contributed by atoms with Gasteiger partial charge in [-0.05, 0) is 65.0 Å². The van der Waals surface area contributed by atoms with Crippen LogP contribution in [0.1, 0.15) is 42.5 Å². The summed E-state index contributed by atoms with van der Waals surface area (Å²) in [4.78, 5) is 11.2. The summed E-state index contributed by atoms with van der Waals surface area (Å²) < 4.78 is 0. The van der Waals surface area contributed by atoms with Crippen molar-refractivity contribution in [3.63, 3.8) is 0 Å². The van der Waals surface area contributed by atoms with Crippen molar-refractivity contribution in [1.29, 1.82) is 0 Å². The molecule has 0 atom stereocenters. The first-order valence-electron chi connectivity index (χ1n) is 10.3. The van der Waals surface area contributed by atoms with E-state index in [4.69, 9.17) is 5.11 Å².